The summed E-state index contributed by atoms with van der Waals surface area (Å²) in [6.07, 6.45) is 2.89. The fourth-order valence-corrected chi connectivity index (χ4v) is 3.23. The Kier molecular flexibility index (Phi) is 6.82. The number of hydrogen-bond donors (Lipinski definition) is 1. The Morgan fingerprint density at radius 1 is 0.966 bits per heavy atom. The average Bonchev–Trinajstić information content (AvgIpc) is 2.94. The zero-order valence-electron chi connectivity index (χ0n) is 15.6. The molecule has 8 heteroatoms. The number of amides is 3. The van der Waals surface area contributed by atoms with Gasteiger partial charge in [-0.3, -0.25) is 4.79 Å². The van der Waals surface area contributed by atoms with Crippen LogP contribution < -0.4 is 5.32 Å². The summed E-state index contributed by atoms with van der Waals surface area (Å²) < 4.78 is 27.4. The van der Waals surface area contributed by atoms with E-state index in [4.69, 9.17) is 11.6 Å². The van der Waals surface area contributed by atoms with Gasteiger partial charge in [0.2, 0.25) is 5.91 Å². The summed E-state index contributed by atoms with van der Waals surface area (Å²) in [6, 6.07) is 10.1. The molecule has 3 amide bonds. The van der Waals surface area contributed by atoms with Crippen LogP contribution in [0.15, 0.2) is 48.5 Å². The topological polar surface area (TPSA) is 52.7 Å². The summed E-state index contributed by atoms with van der Waals surface area (Å²) >= 11 is 5.93. The molecule has 1 aliphatic rings. The molecule has 1 heterocycles. The number of benzene rings is 2. The second-order valence-electron chi connectivity index (χ2n) is 6.58. The number of nitrogens with one attached hydrogen (secondary N) is 1. The third-order valence-electron chi connectivity index (χ3n) is 4.56. The number of hydrogen-bond acceptors (Lipinski definition) is 2. The van der Waals surface area contributed by atoms with E-state index < -0.39 is 11.6 Å². The van der Waals surface area contributed by atoms with E-state index in [1.54, 1.807) is 34.1 Å². The van der Waals surface area contributed by atoms with Gasteiger partial charge < -0.3 is 15.1 Å². The molecule has 1 fully saturated rings. The number of carbonyl (C=O) groups excluding carboxylic acids is 2. The lowest BCUT2D eigenvalue weighted by Gasteiger charge is -2.22. The van der Waals surface area contributed by atoms with Crippen molar-refractivity contribution in [3.63, 3.8) is 0 Å². The number of urea groups is 1. The zero-order chi connectivity index (χ0) is 20.8. The first-order chi connectivity index (χ1) is 13.9. The summed E-state index contributed by atoms with van der Waals surface area (Å²) in [5.41, 5.74) is 0.340. The maximum atomic E-state index is 13.7. The van der Waals surface area contributed by atoms with E-state index >= 15 is 0 Å². The van der Waals surface area contributed by atoms with Crippen LogP contribution in [0.5, 0.6) is 0 Å². The fourth-order valence-electron chi connectivity index (χ4n) is 3.04. The largest absolute Gasteiger partial charge is 0.337 e. The molecule has 1 aliphatic heterocycles. The lowest BCUT2D eigenvalue weighted by molar-refractivity contribution is -0.125. The van der Waals surface area contributed by atoms with Gasteiger partial charge in [0.05, 0.1) is 0 Å². The van der Waals surface area contributed by atoms with Crippen LogP contribution in [0, 0.1) is 11.6 Å². The van der Waals surface area contributed by atoms with Gasteiger partial charge in [-0.2, -0.15) is 0 Å². The number of halogens is 3. The van der Waals surface area contributed by atoms with Crippen molar-refractivity contribution in [1.82, 2.24) is 9.80 Å². The molecule has 2 aromatic rings. The van der Waals surface area contributed by atoms with Crippen LogP contribution in [0.1, 0.15) is 12.0 Å². The van der Waals surface area contributed by atoms with Crippen molar-refractivity contribution >= 4 is 35.3 Å². The molecule has 0 aromatic heterocycles. The van der Waals surface area contributed by atoms with Gasteiger partial charge in [-0.25, -0.2) is 13.6 Å². The number of nitrogens with zero attached hydrogens (tertiary/aromatic N) is 2. The predicted molar refractivity (Wildman–Crippen MR) is 109 cm³/mol. The first kappa shape index (κ1) is 20.8. The minimum atomic E-state index is -0.728. The molecule has 1 saturated heterocycles. The maximum absolute atomic E-state index is 13.7. The molecule has 0 radical (unpaired) electrons. The quantitative estimate of drug-likeness (QED) is 0.750. The van der Waals surface area contributed by atoms with E-state index in [2.05, 4.69) is 5.32 Å². The van der Waals surface area contributed by atoms with Crippen molar-refractivity contribution in [1.29, 1.82) is 0 Å². The lowest BCUT2D eigenvalue weighted by Crippen LogP contribution is -2.39. The molecule has 0 spiro atoms. The number of rotatable bonds is 3. The Morgan fingerprint density at radius 2 is 1.62 bits per heavy atom. The standard InChI is InChI=1S/C21H20ClF2N3O2/c22-15-4-1-5-16(14-15)25-21(29)27-11-3-10-26(12-13-27)20(28)9-8-17-18(23)6-2-7-19(17)24/h1-2,4-9,14H,3,10-13H2,(H,25,29)/b9-8+. The van der Waals surface area contributed by atoms with Crippen LogP contribution in [-0.2, 0) is 4.79 Å². The molecular formula is C21H20ClF2N3O2. The smallest absolute Gasteiger partial charge is 0.321 e. The predicted octanol–water partition coefficient (Wildman–Crippen LogP) is 4.40. The van der Waals surface area contributed by atoms with Gasteiger partial charge in [0.25, 0.3) is 0 Å². The van der Waals surface area contributed by atoms with Crippen molar-refractivity contribution in [3.8, 4) is 0 Å². The van der Waals surface area contributed by atoms with Gasteiger partial charge in [0.1, 0.15) is 11.6 Å². The molecule has 0 atom stereocenters. The molecule has 3 rings (SSSR count). The van der Waals surface area contributed by atoms with E-state index in [0.717, 1.165) is 24.3 Å². The van der Waals surface area contributed by atoms with Crippen molar-refractivity contribution < 1.29 is 18.4 Å². The summed E-state index contributed by atoms with van der Waals surface area (Å²) in [5.74, 6) is -1.81. The van der Waals surface area contributed by atoms with E-state index in [1.807, 2.05) is 0 Å². The second-order valence-corrected chi connectivity index (χ2v) is 7.01. The van der Waals surface area contributed by atoms with Crippen LogP contribution in [0.3, 0.4) is 0 Å². The van der Waals surface area contributed by atoms with Gasteiger partial charge in [-0.15, -0.1) is 0 Å². The third-order valence-corrected chi connectivity index (χ3v) is 4.80. The zero-order valence-corrected chi connectivity index (χ0v) is 16.3. The SMILES string of the molecule is O=C(/C=C/c1c(F)cccc1F)N1CCCN(C(=O)Nc2cccc(Cl)c2)CC1. The molecule has 0 bridgehead atoms. The maximum Gasteiger partial charge on any atom is 0.321 e. The molecule has 0 aliphatic carbocycles. The Balaban J connectivity index is 1.58. The minimum Gasteiger partial charge on any atom is -0.337 e. The molecule has 29 heavy (non-hydrogen) atoms. The molecule has 1 N–H and O–H groups in total. The van der Waals surface area contributed by atoms with Crippen LogP contribution in [0.25, 0.3) is 6.08 Å². The van der Waals surface area contributed by atoms with Crippen LogP contribution >= 0.6 is 11.6 Å². The highest BCUT2D eigenvalue weighted by atomic mass is 35.5. The van der Waals surface area contributed by atoms with Crippen molar-refractivity contribution in [3.05, 3.63) is 70.8 Å². The summed E-state index contributed by atoms with van der Waals surface area (Å²) in [5, 5.41) is 3.31. The van der Waals surface area contributed by atoms with E-state index in [9.17, 15) is 18.4 Å². The minimum absolute atomic E-state index is 0.252. The Labute approximate surface area is 172 Å². The van der Waals surface area contributed by atoms with E-state index in [-0.39, 0.29) is 17.5 Å². The summed E-state index contributed by atoms with van der Waals surface area (Å²) in [4.78, 5) is 28.1. The average molecular weight is 420 g/mol. The van der Waals surface area contributed by atoms with Gasteiger partial charge in [-0.1, -0.05) is 23.7 Å². The molecule has 2 aromatic carbocycles. The molecule has 152 valence electrons. The first-order valence-electron chi connectivity index (χ1n) is 9.16. The van der Waals surface area contributed by atoms with Crippen LogP contribution in [0.4, 0.5) is 19.3 Å². The van der Waals surface area contributed by atoms with Crippen LogP contribution in [0.2, 0.25) is 5.02 Å². The van der Waals surface area contributed by atoms with Gasteiger partial charge in [0, 0.05) is 48.5 Å². The highest BCUT2D eigenvalue weighted by molar-refractivity contribution is 6.30. The third kappa shape index (κ3) is 5.54. The first-order valence-corrected chi connectivity index (χ1v) is 9.54. The van der Waals surface area contributed by atoms with E-state index in [1.165, 1.54) is 6.07 Å². The van der Waals surface area contributed by atoms with Gasteiger partial charge in [-0.05, 0) is 42.8 Å². The molecule has 5 nitrogen and oxygen atoms in total. The Bertz CT molecular complexity index is 916. The molecular weight excluding hydrogens is 400 g/mol. The highest BCUT2D eigenvalue weighted by Gasteiger charge is 2.21. The van der Waals surface area contributed by atoms with Crippen molar-refractivity contribution in [2.75, 3.05) is 31.5 Å². The summed E-state index contributed by atoms with van der Waals surface area (Å²) in [7, 11) is 0. The normalized spacial score (nSPS) is 14.7. The lowest BCUT2D eigenvalue weighted by atomic mass is 10.2. The number of carbonyl (C=O) groups is 2. The Hall–Kier alpha value is -2.93. The Morgan fingerprint density at radius 3 is 2.34 bits per heavy atom. The number of anilines is 1. The monoisotopic (exact) mass is 419 g/mol. The molecule has 0 unspecified atom stereocenters. The highest BCUT2D eigenvalue weighted by Crippen LogP contribution is 2.17. The van der Waals surface area contributed by atoms with Crippen molar-refractivity contribution in [2.24, 2.45) is 0 Å². The fraction of sp³-hybridized carbons (Fsp3) is 0.238. The molecule has 0 saturated carbocycles. The van der Waals surface area contributed by atoms with Crippen LogP contribution in [-0.4, -0.2) is 47.9 Å². The summed E-state index contributed by atoms with van der Waals surface area (Å²) in [6.45, 7) is 1.61. The van der Waals surface area contributed by atoms with Gasteiger partial charge >= 0.3 is 6.03 Å². The second kappa shape index (κ2) is 9.52. The van der Waals surface area contributed by atoms with Gasteiger partial charge in [0.15, 0.2) is 0 Å². The van der Waals surface area contributed by atoms with E-state index in [0.29, 0.717) is 43.3 Å². The van der Waals surface area contributed by atoms with Crippen molar-refractivity contribution in [2.45, 2.75) is 6.42 Å².